The average molecular weight is 255 g/mol. The molecule has 4 atom stereocenters. The van der Waals surface area contributed by atoms with E-state index in [0.29, 0.717) is 5.92 Å². The van der Waals surface area contributed by atoms with Gasteiger partial charge in [0.15, 0.2) is 0 Å². The fourth-order valence-corrected chi connectivity index (χ4v) is 3.55. The standard InChI is InChI=1S/C14H25NO3/c1-9-6-11-8-14(7-9,10(2)16)15(11)12(17)18-13(3,4)5/h9-11,16H,6-8H2,1-5H3/t9-,10?,11?,14?/m1/s1. The van der Waals surface area contributed by atoms with Crippen LogP contribution in [0, 0.1) is 5.92 Å². The summed E-state index contributed by atoms with van der Waals surface area (Å²) in [5, 5.41) is 10.1. The number of nitrogens with zero attached hydrogens (tertiary/aromatic N) is 1. The SMILES string of the molecule is CC(O)C12CC(C[C@@H](C)C1)N2C(=O)OC(C)(C)C. The van der Waals surface area contributed by atoms with Gasteiger partial charge in [0.2, 0.25) is 0 Å². The molecule has 1 amide bonds. The second-order valence-electron chi connectivity index (χ2n) is 7.03. The molecule has 0 aromatic rings. The fraction of sp³-hybridized carbons (Fsp3) is 0.929. The van der Waals surface area contributed by atoms with Gasteiger partial charge >= 0.3 is 6.09 Å². The van der Waals surface area contributed by atoms with E-state index in [0.717, 1.165) is 19.3 Å². The highest BCUT2D eigenvalue weighted by Gasteiger charge is 2.61. The van der Waals surface area contributed by atoms with E-state index in [1.54, 1.807) is 11.8 Å². The summed E-state index contributed by atoms with van der Waals surface area (Å²) in [6.07, 6.45) is 2.04. The molecule has 1 aliphatic carbocycles. The molecular formula is C14H25NO3. The summed E-state index contributed by atoms with van der Waals surface area (Å²) in [6.45, 7) is 9.59. The summed E-state index contributed by atoms with van der Waals surface area (Å²) in [6, 6.07) is 0.248. The lowest BCUT2D eigenvalue weighted by Gasteiger charge is -2.64. The summed E-state index contributed by atoms with van der Waals surface area (Å²) in [4.78, 5) is 14.1. The number of fused-ring (bicyclic) bond motifs is 2. The first kappa shape index (κ1) is 13.7. The van der Waals surface area contributed by atoms with E-state index in [2.05, 4.69) is 6.92 Å². The molecule has 4 nitrogen and oxygen atoms in total. The van der Waals surface area contributed by atoms with Gasteiger partial charge < -0.3 is 9.84 Å². The first-order valence-electron chi connectivity index (χ1n) is 6.86. The highest BCUT2D eigenvalue weighted by Crippen LogP contribution is 2.51. The number of amides is 1. The molecule has 2 aliphatic heterocycles. The second-order valence-corrected chi connectivity index (χ2v) is 7.03. The number of aliphatic hydroxyl groups excluding tert-OH is 1. The van der Waals surface area contributed by atoms with Crippen LogP contribution in [0.2, 0.25) is 0 Å². The van der Waals surface area contributed by atoms with Gasteiger partial charge in [0, 0.05) is 6.04 Å². The highest BCUT2D eigenvalue weighted by molar-refractivity contribution is 5.71. The van der Waals surface area contributed by atoms with Gasteiger partial charge in [-0.1, -0.05) is 6.92 Å². The van der Waals surface area contributed by atoms with Crippen LogP contribution in [0.4, 0.5) is 4.79 Å². The molecule has 1 N–H and O–H groups in total. The Bertz CT molecular complexity index is 347. The minimum absolute atomic E-state index is 0.248. The van der Waals surface area contributed by atoms with E-state index < -0.39 is 11.7 Å². The molecule has 0 spiro atoms. The van der Waals surface area contributed by atoms with Gasteiger partial charge in [0.1, 0.15) is 5.60 Å². The van der Waals surface area contributed by atoms with Crippen molar-refractivity contribution in [1.29, 1.82) is 0 Å². The predicted molar refractivity (Wildman–Crippen MR) is 69.3 cm³/mol. The monoisotopic (exact) mass is 255 g/mol. The van der Waals surface area contributed by atoms with E-state index in [-0.39, 0.29) is 17.7 Å². The van der Waals surface area contributed by atoms with E-state index in [1.165, 1.54) is 0 Å². The van der Waals surface area contributed by atoms with Crippen molar-refractivity contribution < 1.29 is 14.6 Å². The summed E-state index contributed by atoms with van der Waals surface area (Å²) < 4.78 is 5.46. The van der Waals surface area contributed by atoms with Crippen LogP contribution in [-0.2, 0) is 4.74 Å². The third-order valence-electron chi connectivity index (χ3n) is 4.18. The van der Waals surface area contributed by atoms with Crippen molar-refractivity contribution in [3.63, 3.8) is 0 Å². The van der Waals surface area contributed by atoms with Crippen molar-refractivity contribution in [3.8, 4) is 0 Å². The Balaban J connectivity index is 2.16. The molecule has 0 radical (unpaired) electrons. The van der Waals surface area contributed by atoms with Gasteiger partial charge in [-0.2, -0.15) is 0 Å². The van der Waals surface area contributed by atoms with Crippen molar-refractivity contribution in [2.24, 2.45) is 5.92 Å². The Morgan fingerprint density at radius 1 is 1.44 bits per heavy atom. The number of rotatable bonds is 1. The number of hydrogen-bond donors (Lipinski definition) is 1. The number of piperidine rings is 1. The van der Waals surface area contributed by atoms with Gasteiger partial charge in [0.25, 0.3) is 0 Å². The lowest BCUT2D eigenvalue weighted by molar-refractivity contribution is -0.167. The van der Waals surface area contributed by atoms with Crippen molar-refractivity contribution in [2.75, 3.05) is 0 Å². The van der Waals surface area contributed by atoms with Gasteiger partial charge in [-0.05, 0) is 52.9 Å². The number of hydrogen-bond acceptors (Lipinski definition) is 3. The molecule has 104 valence electrons. The van der Waals surface area contributed by atoms with Crippen LogP contribution in [0.15, 0.2) is 0 Å². The van der Waals surface area contributed by atoms with Crippen LogP contribution in [0.5, 0.6) is 0 Å². The zero-order chi connectivity index (χ0) is 13.7. The van der Waals surface area contributed by atoms with Gasteiger partial charge in [-0.15, -0.1) is 0 Å². The maximum Gasteiger partial charge on any atom is 0.411 e. The van der Waals surface area contributed by atoms with Gasteiger partial charge in [0.05, 0.1) is 11.6 Å². The first-order chi connectivity index (χ1) is 8.16. The Morgan fingerprint density at radius 2 is 2.06 bits per heavy atom. The predicted octanol–water partition coefficient (Wildman–Crippen LogP) is 2.55. The molecule has 2 bridgehead atoms. The zero-order valence-electron chi connectivity index (χ0n) is 12.1. The van der Waals surface area contributed by atoms with Crippen LogP contribution in [0.3, 0.4) is 0 Å². The summed E-state index contributed by atoms with van der Waals surface area (Å²) >= 11 is 0. The molecule has 3 aliphatic rings. The van der Waals surface area contributed by atoms with Crippen molar-refractivity contribution in [3.05, 3.63) is 0 Å². The second kappa shape index (κ2) is 4.12. The van der Waals surface area contributed by atoms with Gasteiger partial charge in [-0.3, -0.25) is 4.90 Å². The third-order valence-corrected chi connectivity index (χ3v) is 4.18. The molecule has 1 saturated carbocycles. The van der Waals surface area contributed by atoms with Crippen LogP contribution >= 0.6 is 0 Å². The van der Waals surface area contributed by atoms with E-state index >= 15 is 0 Å². The lowest BCUT2D eigenvalue weighted by atomic mass is 9.62. The van der Waals surface area contributed by atoms with Crippen LogP contribution in [0.25, 0.3) is 0 Å². The topological polar surface area (TPSA) is 49.8 Å². The fourth-order valence-electron chi connectivity index (χ4n) is 3.55. The number of carbonyl (C=O) groups is 1. The molecule has 0 aromatic heterocycles. The molecule has 3 rings (SSSR count). The lowest BCUT2D eigenvalue weighted by Crippen LogP contribution is -2.75. The molecule has 3 unspecified atom stereocenters. The highest BCUT2D eigenvalue weighted by atomic mass is 16.6. The molecule has 3 fully saturated rings. The minimum Gasteiger partial charge on any atom is -0.444 e. The van der Waals surface area contributed by atoms with Gasteiger partial charge in [-0.25, -0.2) is 4.79 Å². The van der Waals surface area contributed by atoms with Crippen LogP contribution < -0.4 is 0 Å². The summed E-state index contributed by atoms with van der Waals surface area (Å²) in [7, 11) is 0. The Morgan fingerprint density at radius 3 is 2.56 bits per heavy atom. The zero-order valence-corrected chi connectivity index (χ0v) is 12.1. The largest absolute Gasteiger partial charge is 0.444 e. The third kappa shape index (κ3) is 2.11. The number of carbonyl (C=O) groups excluding carboxylic acids is 1. The van der Waals surface area contributed by atoms with Crippen molar-refractivity contribution in [1.82, 2.24) is 4.90 Å². The first-order valence-corrected chi connectivity index (χ1v) is 6.86. The number of ether oxygens (including phenoxy) is 1. The molecule has 2 heterocycles. The molecule has 4 heteroatoms. The van der Waals surface area contributed by atoms with Crippen molar-refractivity contribution >= 4 is 6.09 Å². The Kier molecular flexibility index (Phi) is 3.13. The molecule has 2 saturated heterocycles. The molecule has 0 aromatic carbocycles. The molecular weight excluding hydrogens is 230 g/mol. The van der Waals surface area contributed by atoms with E-state index in [9.17, 15) is 9.90 Å². The van der Waals surface area contributed by atoms with Crippen LogP contribution in [-0.4, -0.2) is 39.4 Å². The van der Waals surface area contributed by atoms with Crippen LogP contribution in [0.1, 0.15) is 53.9 Å². The minimum atomic E-state index is -0.496. The maximum absolute atomic E-state index is 12.3. The van der Waals surface area contributed by atoms with E-state index in [4.69, 9.17) is 4.74 Å². The summed E-state index contributed by atoms with van der Waals surface area (Å²) in [5.41, 5.74) is -0.864. The van der Waals surface area contributed by atoms with Crippen molar-refractivity contribution in [2.45, 2.75) is 77.2 Å². The van der Waals surface area contributed by atoms with E-state index in [1.807, 2.05) is 20.8 Å². The number of aliphatic hydroxyl groups is 1. The normalized spacial score (nSPS) is 36.9. The summed E-state index contributed by atoms with van der Waals surface area (Å²) in [5.74, 6) is 0.567. The Labute approximate surface area is 109 Å². The molecule has 18 heavy (non-hydrogen) atoms. The quantitative estimate of drug-likeness (QED) is 0.783. The maximum atomic E-state index is 12.3. The average Bonchev–Trinajstić information content (AvgIpc) is 2.12. The smallest absolute Gasteiger partial charge is 0.411 e. The Hall–Kier alpha value is -0.770.